The highest BCUT2D eigenvalue weighted by molar-refractivity contribution is 4.48. The van der Waals surface area contributed by atoms with E-state index in [2.05, 4.69) is 6.92 Å². The van der Waals surface area contributed by atoms with Crippen molar-refractivity contribution < 1.29 is 15.7 Å². The van der Waals surface area contributed by atoms with Gasteiger partial charge in [-0.05, 0) is 12.8 Å². The van der Waals surface area contributed by atoms with Crippen LogP contribution in [0, 0.1) is 0 Å². The van der Waals surface area contributed by atoms with Crippen LogP contribution in [-0.4, -0.2) is 16.5 Å². The van der Waals surface area contributed by atoms with Crippen LogP contribution in [0.15, 0.2) is 0 Å². The Balaban J connectivity index is 3.67. The Hall–Kier alpha value is -0.0800. The predicted octanol–water partition coefficient (Wildman–Crippen LogP) is 3.61. The van der Waals surface area contributed by atoms with Gasteiger partial charge in [-0.25, -0.2) is 0 Å². The van der Waals surface area contributed by atoms with Gasteiger partial charge in [-0.15, -0.1) is 0 Å². The van der Waals surface area contributed by atoms with Crippen LogP contribution < -0.4 is 0 Å². The van der Waals surface area contributed by atoms with Gasteiger partial charge >= 0.3 is 0 Å². The van der Waals surface area contributed by atoms with Crippen LogP contribution in [0.4, 0.5) is 0 Å². The van der Waals surface area contributed by atoms with Crippen LogP contribution >= 0.6 is 0 Å². The smallest absolute Gasteiger partial charge is 0.151 e. The molecule has 0 spiro atoms. The molecule has 0 rings (SSSR count). The maximum Gasteiger partial charge on any atom is 0.151 e. The molecule has 0 radical (unpaired) electrons. The summed E-state index contributed by atoms with van der Waals surface area (Å²) < 4.78 is 29.2. The van der Waals surface area contributed by atoms with E-state index in [1.807, 2.05) is 0 Å². The van der Waals surface area contributed by atoms with Crippen LogP contribution in [0.3, 0.4) is 0 Å². The molecule has 0 aliphatic heterocycles. The lowest BCUT2D eigenvalue weighted by Gasteiger charge is -2.03. The number of rotatable bonds is 11. The van der Waals surface area contributed by atoms with Gasteiger partial charge in [0, 0.05) is 4.11 Å². The van der Waals surface area contributed by atoms with E-state index in [-0.39, 0.29) is 6.42 Å². The van der Waals surface area contributed by atoms with E-state index < -0.39 is 19.0 Å². The van der Waals surface area contributed by atoms with E-state index in [1.165, 1.54) is 25.7 Å². The van der Waals surface area contributed by atoms with Crippen LogP contribution in [0.25, 0.3) is 0 Å². The number of unbranched alkanes of at least 4 members (excludes halogenated alkanes) is 7. The average Bonchev–Trinajstić information content (AvgIpc) is 2.30. The standard InChI is InChI=1S/C13H28O2/c1-2-3-4-5-6-7-8-9-10-11-12-13(14)15/h13-15H,2-12H2,1H3/i11D,12D2,13D. The van der Waals surface area contributed by atoms with E-state index in [9.17, 15) is 0 Å². The maximum absolute atomic E-state index is 8.97. The van der Waals surface area contributed by atoms with Crippen LogP contribution in [0.2, 0.25) is 0 Å². The fourth-order valence-electron chi connectivity index (χ4n) is 1.54. The molecule has 0 aliphatic rings. The van der Waals surface area contributed by atoms with Crippen molar-refractivity contribution in [2.75, 3.05) is 0 Å². The highest BCUT2D eigenvalue weighted by Crippen LogP contribution is 2.11. The summed E-state index contributed by atoms with van der Waals surface area (Å²) in [6.45, 7) is 2.18. The number of hydrogen-bond donors (Lipinski definition) is 2. The van der Waals surface area contributed by atoms with Crippen molar-refractivity contribution in [1.82, 2.24) is 0 Å². The average molecular weight is 220 g/mol. The van der Waals surface area contributed by atoms with Crippen LogP contribution in [0.1, 0.15) is 83.0 Å². The molecule has 0 aromatic rings. The summed E-state index contributed by atoms with van der Waals surface area (Å²) in [5.41, 5.74) is 0. The first-order chi connectivity index (χ1) is 8.73. The lowest BCUT2D eigenvalue weighted by Crippen LogP contribution is -2.02. The molecule has 92 valence electrons. The predicted molar refractivity (Wildman–Crippen MR) is 64.7 cm³/mol. The molecular formula is C13H28O2. The largest absolute Gasteiger partial charge is 0.368 e. The molecule has 15 heavy (non-hydrogen) atoms. The molecule has 0 bridgehead atoms. The number of aliphatic hydroxyl groups is 2. The van der Waals surface area contributed by atoms with E-state index in [0.717, 1.165) is 19.3 Å². The van der Waals surface area contributed by atoms with Gasteiger partial charge in [0.15, 0.2) is 6.27 Å². The first kappa shape index (κ1) is 9.00. The molecule has 0 fully saturated rings. The molecule has 2 N–H and O–H groups in total. The van der Waals surface area contributed by atoms with Crippen molar-refractivity contribution in [3.05, 3.63) is 0 Å². The Labute approximate surface area is 100 Å². The van der Waals surface area contributed by atoms with Crippen LogP contribution in [-0.2, 0) is 0 Å². The topological polar surface area (TPSA) is 40.5 Å². The zero-order valence-electron chi connectivity index (χ0n) is 13.8. The molecule has 0 aliphatic carbocycles. The van der Waals surface area contributed by atoms with Gasteiger partial charge in [0.25, 0.3) is 0 Å². The van der Waals surface area contributed by atoms with Gasteiger partial charge in [0.1, 0.15) is 0 Å². The molecule has 0 aromatic heterocycles. The number of hydrogen-bond acceptors (Lipinski definition) is 2. The Morgan fingerprint density at radius 1 is 0.933 bits per heavy atom. The SMILES string of the molecule is [2H]C(CCCCCCCCCC)C([2H])([2H])C([2H])(O)O. The molecule has 0 heterocycles. The third-order valence-electron chi connectivity index (χ3n) is 2.43. The van der Waals surface area contributed by atoms with Gasteiger partial charge in [0.2, 0.25) is 0 Å². The van der Waals surface area contributed by atoms with Gasteiger partial charge in [-0.3, -0.25) is 0 Å². The normalized spacial score (nSPS) is 18.9. The third kappa shape index (κ3) is 13.9. The highest BCUT2D eigenvalue weighted by Gasteiger charge is 1.96. The fourth-order valence-corrected chi connectivity index (χ4v) is 1.54. The second-order valence-corrected chi connectivity index (χ2v) is 3.94. The molecule has 0 aromatic carbocycles. The summed E-state index contributed by atoms with van der Waals surface area (Å²) >= 11 is 0. The first-order valence-corrected chi connectivity index (χ1v) is 6.10. The zero-order valence-corrected chi connectivity index (χ0v) is 9.84. The lowest BCUT2D eigenvalue weighted by atomic mass is 10.1. The Bertz CT molecular complexity index is 229. The Kier molecular flexibility index (Phi) is 7.20. The molecule has 0 amide bonds. The summed E-state index contributed by atoms with van der Waals surface area (Å²) in [5, 5.41) is 17.9. The third-order valence-corrected chi connectivity index (χ3v) is 2.43. The van der Waals surface area contributed by atoms with Gasteiger partial charge in [0.05, 0.1) is 1.37 Å². The fraction of sp³-hybridized carbons (Fsp3) is 1.00. The first-order valence-electron chi connectivity index (χ1n) is 8.18. The van der Waals surface area contributed by atoms with E-state index >= 15 is 0 Å². The monoisotopic (exact) mass is 220 g/mol. The highest BCUT2D eigenvalue weighted by atomic mass is 16.5. The molecule has 2 nitrogen and oxygen atoms in total. The van der Waals surface area contributed by atoms with Crippen molar-refractivity contribution >= 4 is 0 Å². The minimum Gasteiger partial charge on any atom is -0.368 e. The summed E-state index contributed by atoms with van der Waals surface area (Å²) in [5.74, 6) is 0. The summed E-state index contributed by atoms with van der Waals surface area (Å²) in [7, 11) is 0. The molecule has 1 unspecified atom stereocenters. The summed E-state index contributed by atoms with van der Waals surface area (Å²) in [6.07, 6.45) is 2.01. The molecule has 0 saturated carbocycles. The van der Waals surface area contributed by atoms with Crippen molar-refractivity contribution in [2.45, 2.75) is 83.7 Å². The minimum absolute atomic E-state index is 0.254. The van der Waals surface area contributed by atoms with Crippen molar-refractivity contribution in [3.63, 3.8) is 0 Å². The quantitative estimate of drug-likeness (QED) is 0.412. The second-order valence-electron chi connectivity index (χ2n) is 3.94. The minimum atomic E-state index is -3.19. The van der Waals surface area contributed by atoms with E-state index in [0.29, 0.717) is 6.42 Å². The van der Waals surface area contributed by atoms with E-state index in [1.54, 1.807) is 0 Å². The Morgan fingerprint density at radius 3 is 1.87 bits per heavy atom. The van der Waals surface area contributed by atoms with Gasteiger partial charge in [-0.2, -0.15) is 0 Å². The molecule has 1 atom stereocenters. The Morgan fingerprint density at radius 2 is 1.40 bits per heavy atom. The zero-order chi connectivity index (χ0) is 14.9. The molecule has 0 saturated heterocycles. The van der Waals surface area contributed by atoms with Crippen molar-refractivity contribution in [1.29, 1.82) is 0 Å². The summed E-state index contributed by atoms with van der Waals surface area (Å²) in [4.78, 5) is 0. The van der Waals surface area contributed by atoms with Gasteiger partial charge in [-0.1, -0.05) is 64.7 Å². The van der Waals surface area contributed by atoms with Crippen molar-refractivity contribution in [2.24, 2.45) is 0 Å². The molecular weight excluding hydrogens is 188 g/mol. The van der Waals surface area contributed by atoms with Crippen molar-refractivity contribution in [3.8, 4) is 0 Å². The van der Waals surface area contributed by atoms with Gasteiger partial charge < -0.3 is 10.2 Å². The summed E-state index contributed by atoms with van der Waals surface area (Å²) in [6, 6.07) is 0. The lowest BCUT2D eigenvalue weighted by molar-refractivity contribution is -0.0466. The second kappa shape index (κ2) is 12.0. The van der Waals surface area contributed by atoms with E-state index in [4.69, 9.17) is 15.7 Å². The maximum atomic E-state index is 8.97. The van der Waals surface area contributed by atoms with Crippen LogP contribution in [0.5, 0.6) is 0 Å². The molecule has 2 heteroatoms.